The van der Waals surface area contributed by atoms with Gasteiger partial charge >= 0.3 is 0 Å². The van der Waals surface area contributed by atoms with E-state index in [1.165, 1.54) is 19.3 Å². The molecule has 0 aromatic heterocycles. The lowest BCUT2D eigenvalue weighted by Gasteiger charge is -2.30. The normalized spacial score (nSPS) is 14.1. The number of nitriles is 1. The van der Waals surface area contributed by atoms with Crippen molar-refractivity contribution in [1.82, 2.24) is 0 Å². The highest BCUT2D eigenvalue weighted by Gasteiger charge is 2.18. The maximum Gasteiger partial charge on any atom is 0.102 e. The summed E-state index contributed by atoms with van der Waals surface area (Å²) in [6.45, 7) is 2.03. The summed E-state index contributed by atoms with van der Waals surface area (Å²) in [5, 5.41) is 10.0. The fraction of sp³-hybridized carbons (Fsp3) is 0.192. The summed E-state index contributed by atoms with van der Waals surface area (Å²) in [6, 6.07) is 25.4. The zero-order valence-electron chi connectivity index (χ0n) is 16.3. The molecule has 0 spiro atoms. The molecule has 1 fully saturated rings. The Morgan fingerprint density at radius 1 is 0.828 bits per heavy atom. The van der Waals surface area contributed by atoms with Gasteiger partial charge in [-0.25, -0.2) is 0 Å². The number of hydrogen-bond donors (Lipinski definition) is 0. The van der Waals surface area contributed by atoms with E-state index in [-0.39, 0.29) is 0 Å². The third kappa shape index (κ3) is 4.60. The van der Waals surface area contributed by atoms with Gasteiger partial charge in [0.2, 0.25) is 0 Å². The average molecular weight is 443 g/mol. The van der Waals surface area contributed by atoms with Crippen LogP contribution in [0, 0.1) is 11.3 Å². The summed E-state index contributed by atoms with van der Waals surface area (Å²) in [4.78, 5) is 2.38. The predicted molar refractivity (Wildman–Crippen MR) is 126 cm³/mol. The monoisotopic (exact) mass is 442 g/mol. The summed E-state index contributed by atoms with van der Waals surface area (Å²) in [7, 11) is 0. The number of hydrogen-bond acceptors (Lipinski definition) is 2. The highest BCUT2D eigenvalue weighted by molar-refractivity contribution is 9.10. The minimum atomic E-state index is 0.764. The van der Waals surface area contributed by atoms with Gasteiger partial charge in [-0.15, -0.1) is 0 Å². The lowest BCUT2D eigenvalue weighted by atomic mass is 9.95. The van der Waals surface area contributed by atoms with Crippen molar-refractivity contribution >= 4 is 33.8 Å². The molecular formula is C26H23BrN2. The summed E-state index contributed by atoms with van der Waals surface area (Å²) >= 11 is 3.52. The highest BCUT2D eigenvalue weighted by atomic mass is 79.9. The second kappa shape index (κ2) is 9.11. The van der Waals surface area contributed by atoms with E-state index >= 15 is 0 Å². The van der Waals surface area contributed by atoms with E-state index in [0.717, 1.165) is 51.1 Å². The van der Waals surface area contributed by atoms with E-state index in [9.17, 15) is 5.26 Å². The van der Waals surface area contributed by atoms with E-state index < -0.39 is 0 Å². The van der Waals surface area contributed by atoms with Crippen LogP contribution >= 0.6 is 15.9 Å². The molecule has 0 unspecified atom stereocenters. The smallest absolute Gasteiger partial charge is 0.102 e. The fourth-order valence-electron chi connectivity index (χ4n) is 3.85. The van der Waals surface area contributed by atoms with Crippen molar-refractivity contribution in [3.05, 3.63) is 87.9 Å². The maximum atomic E-state index is 10.0. The molecule has 0 amide bonds. The quantitative estimate of drug-likeness (QED) is 0.401. The Bertz CT molecular complexity index is 1040. The minimum Gasteiger partial charge on any atom is -0.370 e. The molecule has 1 aliphatic heterocycles. The molecule has 29 heavy (non-hydrogen) atoms. The van der Waals surface area contributed by atoms with Gasteiger partial charge < -0.3 is 4.90 Å². The second-order valence-electron chi connectivity index (χ2n) is 7.37. The Balaban J connectivity index is 1.83. The molecule has 3 aromatic rings. The molecule has 1 aliphatic rings. The highest BCUT2D eigenvalue weighted by Crippen LogP contribution is 2.34. The van der Waals surface area contributed by atoms with Crippen molar-refractivity contribution < 1.29 is 0 Å². The summed E-state index contributed by atoms with van der Waals surface area (Å²) < 4.78 is 1.07. The van der Waals surface area contributed by atoms with Gasteiger partial charge in [0.05, 0.1) is 11.3 Å². The average Bonchev–Trinajstić information content (AvgIpc) is 2.79. The molecular weight excluding hydrogens is 420 g/mol. The van der Waals surface area contributed by atoms with Crippen molar-refractivity contribution in [2.75, 3.05) is 18.0 Å². The molecule has 144 valence electrons. The van der Waals surface area contributed by atoms with Crippen molar-refractivity contribution in [3.8, 4) is 17.2 Å². The molecule has 1 saturated heterocycles. The van der Waals surface area contributed by atoms with Gasteiger partial charge in [-0.3, -0.25) is 0 Å². The van der Waals surface area contributed by atoms with E-state index in [2.05, 4.69) is 87.6 Å². The van der Waals surface area contributed by atoms with E-state index in [0.29, 0.717) is 0 Å². The zero-order valence-corrected chi connectivity index (χ0v) is 17.9. The SMILES string of the molecule is N#Cc1c(/C=C/c2ccccc2)cc(-c2ccc(Br)cc2)cc1N1CCCCC1. The van der Waals surface area contributed by atoms with Crippen LogP contribution in [0.25, 0.3) is 23.3 Å². The molecule has 0 aliphatic carbocycles. The Labute approximate surface area is 181 Å². The van der Waals surface area contributed by atoms with Crippen LogP contribution in [0.4, 0.5) is 5.69 Å². The zero-order chi connectivity index (χ0) is 20.1. The largest absolute Gasteiger partial charge is 0.370 e. The summed E-state index contributed by atoms with van der Waals surface area (Å²) in [5.41, 5.74) is 6.22. The minimum absolute atomic E-state index is 0.764. The summed E-state index contributed by atoms with van der Waals surface area (Å²) in [6.07, 6.45) is 7.79. The predicted octanol–water partition coefficient (Wildman–Crippen LogP) is 7.15. The molecule has 0 radical (unpaired) electrons. The van der Waals surface area contributed by atoms with Crippen molar-refractivity contribution in [1.29, 1.82) is 5.26 Å². The Morgan fingerprint density at radius 3 is 2.24 bits per heavy atom. The van der Waals surface area contributed by atoms with Crippen LogP contribution < -0.4 is 4.90 Å². The van der Waals surface area contributed by atoms with Gasteiger partial charge in [-0.2, -0.15) is 5.26 Å². The third-order valence-corrected chi connectivity index (χ3v) is 5.92. The van der Waals surface area contributed by atoms with Gasteiger partial charge in [0, 0.05) is 17.6 Å². The van der Waals surface area contributed by atoms with Gasteiger partial charge in [0.15, 0.2) is 0 Å². The van der Waals surface area contributed by atoms with Gasteiger partial charge in [0.1, 0.15) is 6.07 Å². The van der Waals surface area contributed by atoms with Crippen LogP contribution in [0.2, 0.25) is 0 Å². The first kappa shape index (κ1) is 19.5. The van der Waals surface area contributed by atoms with Crippen LogP contribution in [0.3, 0.4) is 0 Å². The first-order valence-electron chi connectivity index (χ1n) is 10.1. The lowest BCUT2D eigenvalue weighted by Crippen LogP contribution is -2.30. The standard InChI is InChI=1S/C26H23BrN2/c27-24-13-11-21(12-14-24)23-17-22(10-9-20-7-3-1-4-8-20)25(19-28)26(18-23)29-15-5-2-6-16-29/h1,3-4,7-14,17-18H,2,5-6,15-16H2/b10-9+. The number of piperidine rings is 1. The van der Waals surface area contributed by atoms with Gasteiger partial charge in [0.25, 0.3) is 0 Å². The summed E-state index contributed by atoms with van der Waals surface area (Å²) in [5.74, 6) is 0. The van der Waals surface area contributed by atoms with Gasteiger partial charge in [-0.05, 0) is 65.8 Å². The number of benzene rings is 3. The lowest BCUT2D eigenvalue weighted by molar-refractivity contribution is 0.577. The molecule has 4 rings (SSSR count). The van der Waals surface area contributed by atoms with E-state index in [4.69, 9.17) is 0 Å². The third-order valence-electron chi connectivity index (χ3n) is 5.39. The molecule has 2 nitrogen and oxygen atoms in total. The Kier molecular flexibility index (Phi) is 6.12. The van der Waals surface area contributed by atoms with Crippen molar-refractivity contribution in [2.24, 2.45) is 0 Å². The van der Waals surface area contributed by atoms with Crippen LogP contribution in [-0.2, 0) is 0 Å². The molecule has 1 heterocycles. The first-order valence-corrected chi connectivity index (χ1v) is 10.9. The number of rotatable bonds is 4. The Morgan fingerprint density at radius 2 is 1.55 bits per heavy atom. The van der Waals surface area contributed by atoms with Crippen LogP contribution in [0.15, 0.2) is 71.2 Å². The van der Waals surface area contributed by atoms with Gasteiger partial charge in [-0.1, -0.05) is 70.5 Å². The van der Waals surface area contributed by atoms with Crippen LogP contribution in [-0.4, -0.2) is 13.1 Å². The molecule has 0 N–H and O–H groups in total. The maximum absolute atomic E-state index is 10.0. The second-order valence-corrected chi connectivity index (χ2v) is 8.29. The number of nitrogens with zero attached hydrogens (tertiary/aromatic N) is 2. The van der Waals surface area contributed by atoms with E-state index in [1.807, 2.05) is 18.2 Å². The van der Waals surface area contributed by atoms with Crippen molar-refractivity contribution in [3.63, 3.8) is 0 Å². The molecule has 0 saturated carbocycles. The van der Waals surface area contributed by atoms with E-state index in [1.54, 1.807) is 0 Å². The molecule has 3 aromatic carbocycles. The topological polar surface area (TPSA) is 27.0 Å². The van der Waals surface area contributed by atoms with Crippen LogP contribution in [0.1, 0.15) is 36.0 Å². The molecule has 0 atom stereocenters. The Hall–Kier alpha value is -2.83. The number of anilines is 1. The molecule has 0 bridgehead atoms. The fourth-order valence-corrected chi connectivity index (χ4v) is 4.11. The first-order chi connectivity index (χ1) is 14.2. The van der Waals surface area contributed by atoms with Crippen LogP contribution in [0.5, 0.6) is 0 Å². The molecule has 3 heteroatoms. The number of halogens is 1. The van der Waals surface area contributed by atoms with Crippen molar-refractivity contribution in [2.45, 2.75) is 19.3 Å².